The summed E-state index contributed by atoms with van der Waals surface area (Å²) in [6, 6.07) is 14.3. The summed E-state index contributed by atoms with van der Waals surface area (Å²) in [6.07, 6.45) is 0. The molecule has 0 atom stereocenters. The van der Waals surface area contributed by atoms with E-state index in [-0.39, 0.29) is 11.0 Å². The Labute approximate surface area is 154 Å². The maximum absolute atomic E-state index is 12.1. The van der Waals surface area contributed by atoms with E-state index in [0.29, 0.717) is 18.8 Å². The van der Waals surface area contributed by atoms with Crippen molar-refractivity contribution in [2.45, 2.75) is 0 Å². The molecule has 0 radical (unpaired) electrons. The lowest BCUT2D eigenvalue weighted by atomic mass is 10.2. The smallest absolute Gasteiger partial charge is 0.257 e. The lowest BCUT2D eigenvalue weighted by Gasteiger charge is -2.11. The number of nitrogens with one attached hydrogen (secondary N) is 2. The normalized spacial score (nSPS) is 10.1. The summed E-state index contributed by atoms with van der Waals surface area (Å²) in [7, 11) is 1.62. The topological polar surface area (TPSA) is 59.6 Å². The highest BCUT2D eigenvalue weighted by Gasteiger charge is 2.07. The lowest BCUT2D eigenvalue weighted by molar-refractivity contribution is 0.0977. The van der Waals surface area contributed by atoms with Crippen LogP contribution in [0.1, 0.15) is 10.4 Å². The standard InChI is InChI=1S/C17H17BrN2O3S/c1-22-10-11-23-15-8-6-14(7-9-15)19-17(24)20-16(21)12-2-4-13(18)5-3-12/h2-9H,10-11H2,1H3,(H2,19,20,21,24). The molecule has 0 saturated heterocycles. The van der Waals surface area contributed by atoms with Gasteiger partial charge in [-0.15, -0.1) is 0 Å². The van der Waals surface area contributed by atoms with Gasteiger partial charge >= 0.3 is 0 Å². The molecule has 0 fully saturated rings. The Hall–Kier alpha value is -1.96. The first kappa shape index (κ1) is 18.4. The summed E-state index contributed by atoms with van der Waals surface area (Å²) in [6.45, 7) is 1.02. The second kappa shape index (κ2) is 9.36. The van der Waals surface area contributed by atoms with Crippen molar-refractivity contribution in [3.05, 3.63) is 58.6 Å². The molecule has 1 amide bonds. The quantitative estimate of drug-likeness (QED) is 0.564. The number of thiocarbonyl (C=S) groups is 1. The first-order chi connectivity index (χ1) is 11.6. The summed E-state index contributed by atoms with van der Waals surface area (Å²) >= 11 is 8.48. The monoisotopic (exact) mass is 408 g/mol. The second-order valence-electron chi connectivity index (χ2n) is 4.78. The van der Waals surface area contributed by atoms with Gasteiger partial charge in [0.05, 0.1) is 6.61 Å². The Morgan fingerprint density at radius 3 is 2.38 bits per heavy atom. The summed E-state index contributed by atoms with van der Waals surface area (Å²) in [5, 5.41) is 5.83. The van der Waals surface area contributed by atoms with Crippen LogP contribution in [0.2, 0.25) is 0 Å². The fourth-order valence-electron chi connectivity index (χ4n) is 1.82. The van der Waals surface area contributed by atoms with Crippen LogP contribution in [0.15, 0.2) is 53.0 Å². The molecule has 2 aromatic rings. The minimum atomic E-state index is -0.264. The average molecular weight is 409 g/mol. The van der Waals surface area contributed by atoms with Gasteiger partial charge in [-0.2, -0.15) is 0 Å². The van der Waals surface area contributed by atoms with Gasteiger partial charge in [0.15, 0.2) is 5.11 Å². The first-order valence-electron chi connectivity index (χ1n) is 7.18. The fourth-order valence-corrected chi connectivity index (χ4v) is 2.29. The number of methoxy groups -OCH3 is 1. The van der Waals surface area contributed by atoms with E-state index in [0.717, 1.165) is 15.9 Å². The molecular formula is C17H17BrN2O3S. The van der Waals surface area contributed by atoms with Crippen LogP contribution in [-0.4, -0.2) is 31.3 Å². The Kier molecular flexibility index (Phi) is 7.17. The van der Waals surface area contributed by atoms with Crippen LogP contribution in [0.25, 0.3) is 0 Å². The highest BCUT2D eigenvalue weighted by Crippen LogP contribution is 2.15. The molecule has 5 nitrogen and oxygen atoms in total. The Bertz CT molecular complexity index is 690. The molecular weight excluding hydrogens is 392 g/mol. The van der Waals surface area contributed by atoms with Crippen molar-refractivity contribution in [3.8, 4) is 5.75 Å². The largest absolute Gasteiger partial charge is 0.491 e. The van der Waals surface area contributed by atoms with Gasteiger partial charge in [-0.05, 0) is 60.7 Å². The molecule has 126 valence electrons. The van der Waals surface area contributed by atoms with Crippen molar-refractivity contribution in [3.63, 3.8) is 0 Å². The van der Waals surface area contributed by atoms with Crippen LogP contribution in [-0.2, 0) is 4.74 Å². The predicted octanol–water partition coefficient (Wildman–Crippen LogP) is 3.60. The molecule has 2 N–H and O–H groups in total. The first-order valence-corrected chi connectivity index (χ1v) is 8.38. The van der Waals surface area contributed by atoms with Crippen LogP contribution in [0.4, 0.5) is 5.69 Å². The molecule has 0 aromatic heterocycles. The molecule has 0 aliphatic heterocycles. The molecule has 7 heteroatoms. The van der Waals surface area contributed by atoms with E-state index < -0.39 is 0 Å². The highest BCUT2D eigenvalue weighted by molar-refractivity contribution is 9.10. The molecule has 0 heterocycles. The molecule has 0 saturated carbocycles. The Balaban J connectivity index is 1.85. The number of benzene rings is 2. The van der Waals surface area contributed by atoms with E-state index in [1.807, 2.05) is 24.3 Å². The van der Waals surface area contributed by atoms with Gasteiger partial charge in [0, 0.05) is 22.8 Å². The van der Waals surface area contributed by atoms with Gasteiger partial charge in [0.25, 0.3) is 5.91 Å². The van der Waals surface area contributed by atoms with Gasteiger partial charge in [-0.25, -0.2) is 0 Å². The number of halogens is 1. The van der Waals surface area contributed by atoms with E-state index in [4.69, 9.17) is 21.7 Å². The molecule has 0 aliphatic rings. The van der Waals surface area contributed by atoms with Gasteiger partial charge in [0.1, 0.15) is 12.4 Å². The molecule has 2 rings (SSSR count). The van der Waals surface area contributed by atoms with Crippen LogP contribution < -0.4 is 15.4 Å². The maximum Gasteiger partial charge on any atom is 0.257 e. The summed E-state index contributed by atoms with van der Waals surface area (Å²) in [5.41, 5.74) is 1.29. The number of hydrogen-bond acceptors (Lipinski definition) is 4. The van der Waals surface area contributed by atoms with Gasteiger partial charge in [-0.1, -0.05) is 15.9 Å². The fraction of sp³-hybridized carbons (Fsp3) is 0.176. The van der Waals surface area contributed by atoms with Crippen molar-refractivity contribution in [1.82, 2.24) is 5.32 Å². The lowest BCUT2D eigenvalue weighted by Crippen LogP contribution is -2.34. The maximum atomic E-state index is 12.1. The SMILES string of the molecule is COCCOc1ccc(NC(=S)NC(=O)c2ccc(Br)cc2)cc1. The third-order valence-corrected chi connectivity index (χ3v) is 3.73. The van der Waals surface area contributed by atoms with E-state index >= 15 is 0 Å². The number of amides is 1. The minimum absolute atomic E-state index is 0.232. The van der Waals surface area contributed by atoms with Crippen LogP contribution in [0.5, 0.6) is 5.75 Å². The summed E-state index contributed by atoms with van der Waals surface area (Å²) < 4.78 is 11.3. The van der Waals surface area contributed by atoms with Gasteiger partial charge in [-0.3, -0.25) is 10.1 Å². The number of anilines is 1. The molecule has 2 aromatic carbocycles. The van der Waals surface area contributed by atoms with Gasteiger partial charge in [0.2, 0.25) is 0 Å². The number of rotatable bonds is 6. The summed E-state index contributed by atoms with van der Waals surface area (Å²) in [4.78, 5) is 12.1. The van der Waals surface area contributed by atoms with Crippen molar-refractivity contribution in [2.75, 3.05) is 25.6 Å². The molecule has 0 aliphatic carbocycles. The molecule has 24 heavy (non-hydrogen) atoms. The number of carbonyl (C=O) groups is 1. The average Bonchev–Trinajstić information content (AvgIpc) is 2.57. The zero-order valence-corrected chi connectivity index (χ0v) is 15.4. The third kappa shape index (κ3) is 5.92. The zero-order chi connectivity index (χ0) is 17.4. The number of ether oxygens (including phenoxy) is 2. The Morgan fingerprint density at radius 1 is 1.08 bits per heavy atom. The molecule has 0 spiro atoms. The van der Waals surface area contributed by atoms with Crippen LogP contribution >= 0.6 is 28.1 Å². The van der Waals surface area contributed by atoms with Crippen LogP contribution in [0.3, 0.4) is 0 Å². The second-order valence-corrected chi connectivity index (χ2v) is 6.10. The predicted molar refractivity (Wildman–Crippen MR) is 102 cm³/mol. The van der Waals surface area contributed by atoms with Crippen molar-refractivity contribution in [2.24, 2.45) is 0 Å². The summed E-state index contributed by atoms with van der Waals surface area (Å²) in [5.74, 6) is 0.474. The van der Waals surface area contributed by atoms with Crippen molar-refractivity contribution < 1.29 is 14.3 Å². The van der Waals surface area contributed by atoms with E-state index in [1.165, 1.54) is 0 Å². The van der Waals surface area contributed by atoms with E-state index in [1.54, 1.807) is 31.4 Å². The Morgan fingerprint density at radius 2 is 1.75 bits per heavy atom. The highest BCUT2D eigenvalue weighted by atomic mass is 79.9. The van der Waals surface area contributed by atoms with E-state index in [2.05, 4.69) is 26.6 Å². The minimum Gasteiger partial charge on any atom is -0.491 e. The molecule has 0 unspecified atom stereocenters. The third-order valence-electron chi connectivity index (χ3n) is 3.00. The van der Waals surface area contributed by atoms with Crippen molar-refractivity contribution in [1.29, 1.82) is 0 Å². The molecule has 0 bridgehead atoms. The zero-order valence-electron chi connectivity index (χ0n) is 13.0. The van der Waals surface area contributed by atoms with Gasteiger partial charge < -0.3 is 14.8 Å². The van der Waals surface area contributed by atoms with Crippen molar-refractivity contribution >= 4 is 44.9 Å². The van der Waals surface area contributed by atoms with Crippen LogP contribution in [0, 0.1) is 0 Å². The number of hydrogen-bond donors (Lipinski definition) is 2. The van der Waals surface area contributed by atoms with E-state index in [9.17, 15) is 4.79 Å². The number of carbonyl (C=O) groups excluding carboxylic acids is 1.